The molecule has 2 aromatic carbocycles. The van der Waals surface area contributed by atoms with Crippen LogP contribution in [0.2, 0.25) is 0 Å². The van der Waals surface area contributed by atoms with E-state index in [1.54, 1.807) is 20.8 Å². The number of halogens is 1. The van der Waals surface area contributed by atoms with Gasteiger partial charge < -0.3 is 9.47 Å². The number of benzene rings is 2. The second-order valence-corrected chi connectivity index (χ2v) is 12.3. The van der Waals surface area contributed by atoms with Crippen LogP contribution in [-0.2, 0) is 26.2 Å². The van der Waals surface area contributed by atoms with E-state index < -0.39 is 43.1 Å². The second kappa shape index (κ2) is 12.6. The largest absolute Gasteiger partial charge is 0.489 e. The normalized spacial score (nSPS) is 13.0. The second-order valence-electron chi connectivity index (χ2n) is 9.64. The molecule has 0 aliphatic heterocycles. The van der Waals surface area contributed by atoms with Gasteiger partial charge >= 0.3 is 5.97 Å². The lowest BCUT2D eigenvalue weighted by Gasteiger charge is -2.32. The standard InChI is InChI=1S/C25H33BrN2O7S/c1-18(2)15-22(24(29)35-25(3,4)5)27(14-13-26)36(32,33)23-12-11-20(16-21(23)28(30)31)34-17-19-9-7-6-8-10-19/h6-12,16,18,22H,13-15,17H2,1-5H3/t22-/m1/s1. The first-order valence-corrected chi connectivity index (χ1v) is 14.1. The molecule has 198 valence electrons. The Kier molecular flexibility index (Phi) is 10.4. The maximum atomic E-state index is 13.8. The average molecular weight is 586 g/mol. The number of ether oxygens (including phenoxy) is 2. The van der Waals surface area contributed by atoms with Crippen LogP contribution in [0.3, 0.4) is 0 Å². The van der Waals surface area contributed by atoms with E-state index in [0.717, 1.165) is 22.0 Å². The molecular formula is C25H33BrN2O7S. The molecule has 2 aromatic rings. The van der Waals surface area contributed by atoms with Crippen molar-refractivity contribution in [3.63, 3.8) is 0 Å². The Hall–Kier alpha value is -2.50. The lowest BCUT2D eigenvalue weighted by Crippen LogP contribution is -2.48. The summed E-state index contributed by atoms with van der Waals surface area (Å²) in [5.74, 6) is -0.590. The van der Waals surface area contributed by atoms with Gasteiger partial charge in [0, 0.05) is 11.9 Å². The van der Waals surface area contributed by atoms with Crippen LogP contribution in [0.25, 0.3) is 0 Å². The highest BCUT2D eigenvalue weighted by Crippen LogP contribution is 2.33. The molecule has 1 atom stereocenters. The van der Waals surface area contributed by atoms with Gasteiger partial charge in [0.25, 0.3) is 15.7 Å². The van der Waals surface area contributed by atoms with Crippen molar-refractivity contribution in [1.29, 1.82) is 0 Å². The zero-order chi connectivity index (χ0) is 27.1. The Morgan fingerprint density at radius 1 is 1.14 bits per heavy atom. The van der Waals surface area contributed by atoms with Crippen molar-refractivity contribution in [2.24, 2.45) is 5.92 Å². The molecule has 9 nitrogen and oxygen atoms in total. The van der Waals surface area contributed by atoms with Gasteiger partial charge in [0.15, 0.2) is 4.90 Å². The van der Waals surface area contributed by atoms with Crippen LogP contribution in [0.5, 0.6) is 5.75 Å². The fourth-order valence-corrected chi connectivity index (χ4v) is 5.84. The van der Waals surface area contributed by atoms with Gasteiger partial charge in [-0.3, -0.25) is 14.9 Å². The molecule has 0 aliphatic carbocycles. The molecule has 0 bridgehead atoms. The van der Waals surface area contributed by atoms with Gasteiger partial charge in [0.05, 0.1) is 11.0 Å². The first-order chi connectivity index (χ1) is 16.8. The smallest absolute Gasteiger partial charge is 0.324 e. The van der Waals surface area contributed by atoms with E-state index in [2.05, 4.69) is 15.9 Å². The molecule has 0 unspecified atom stereocenters. The molecule has 0 aromatic heterocycles. The number of carbonyl (C=O) groups excluding carboxylic acids is 1. The summed E-state index contributed by atoms with van der Waals surface area (Å²) < 4.78 is 39.7. The Bertz CT molecular complexity index is 1150. The number of esters is 1. The van der Waals surface area contributed by atoms with Crippen LogP contribution in [0.15, 0.2) is 53.4 Å². The molecule has 0 amide bonds. The third-order valence-electron chi connectivity index (χ3n) is 4.99. The quantitative estimate of drug-likeness (QED) is 0.143. The van der Waals surface area contributed by atoms with Gasteiger partial charge in [-0.25, -0.2) is 8.42 Å². The summed E-state index contributed by atoms with van der Waals surface area (Å²) in [6.45, 7) is 8.88. The van der Waals surface area contributed by atoms with Crippen LogP contribution < -0.4 is 4.74 Å². The van der Waals surface area contributed by atoms with Crippen molar-refractivity contribution in [3.8, 4) is 5.75 Å². The van der Waals surface area contributed by atoms with E-state index in [1.165, 1.54) is 6.07 Å². The number of nitro groups is 1. The van der Waals surface area contributed by atoms with Gasteiger partial charge in [-0.05, 0) is 50.8 Å². The van der Waals surface area contributed by atoms with Crippen LogP contribution in [0.4, 0.5) is 5.69 Å². The molecule has 0 aliphatic rings. The molecule has 11 heteroatoms. The lowest BCUT2D eigenvalue weighted by molar-refractivity contribution is -0.388. The Balaban J connectivity index is 2.49. The van der Waals surface area contributed by atoms with Crippen LogP contribution in [0, 0.1) is 16.0 Å². The highest BCUT2D eigenvalue weighted by Gasteiger charge is 2.41. The number of sulfonamides is 1. The SMILES string of the molecule is CC(C)C[C@H](C(=O)OC(C)(C)C)N(CCBr)S(=O)(=O)c1ccc(OCc2ccccc2)cc1[N+](=O)[O-]. The number of rotatable bonds is 12. The Morgan fingerprint density at radius 2 is 1.78 bits per heavy atom. The molecule has 0 saturated carbocycles. The number of nitro benzene ring substituents is 1. The third-order valence-corrected chi connectivity index (χ3v) is 7.30. The van der Waals surface area contributed by atoms with Gasteiger partial charge in [-0.1, -0.05) is 60.1 Å². The summed E-state index contributed by atoms with van der Waals surface area (Å²) in [4.78, 5) is 23.7. The predicted octanol–water partition coefficient (Wildman–Crippen LogP) is 5.32. The minimum Gasteiger partial charge on any atom is -0.489 e. The van der Waals surface area contributed by atoms with Crippen molar-refractivity contribution in [1.82, 2.24) is 4.31 Å². The summed E-state index contributed by atoms with van der Waals surface area (Å²) in [5.41, 5.74) is -0.610. The van der Waals surface area contributed by atoms with Crippen molar-refractivity contribution in [2.75, 3.05) is 11.9 Å². The van der Waals surface area contributed by atoms with Gasteiger partial charge in [0.1, 0.15) is 24.0 Å². The zero-order valence-corrected chi connectivity index (χ0v) is 23.5. The van der Waals surface area contributed by atoms with Gasteiger partial charge in [-0.2, -0.15) is 4.31 Å². The van der Waals surface area contributed by atoms with E-state index in [-0.39, 0.29) is 36.6 Å². The zero-order valence-electron chi connectivity index (χ0n) is 21.1. The fraction of sp³-hybridized carbons (Fsp3) is 0.480. The van der Waals surface area contributed by atoms with Crippen LogP contribution in [-0.4, -0.2) is 47.1 Å². The van der Waals surface area contributed by atoms with E-state index in [0.29, 0.717) is 0 Å². The fourth-order valence-electron chi connectivity index (χ4n) is 3.49. The summed E-state index contributed by atoms with van der Waals surface area (Å²) in [5, 5.41) is 12.1. The number of alkyl halides is 1. The molecule has 0 N–H and O–H groups in total. The van der Waals surface area contributed by atoms with E-state index in [1.807, 2.05) is 44.2 Å². The molecule has 0 radical (unpaired) electrons. The Labute approximate surface area is 221 Å². The molecule has 2 rings (SSSR count). The molecule has 0 saturated heterocycles. The van der Waals surface area contributed by atoms with Crippen molar-refractivity contribution in [2.45, 2.75) is 64.2 Å². The molecule has 0 spiro atoms. The van der Waals surface area contributed by atoms with Crippen LogP contribution in [0.1, 0.15) is 46.6 Å². The topological polar surface area (TPSA) is 116 Å². The minimum atomic E-state index is -4.46. The van der Waals surface area contributed by atoms with Gasteiger partial charge in [0.2, 0.25) is 0 Å². The molecule has 0 heterocycles. The number of carbonyl (C=O) groups is 1. The van der Waals surface area contributed by atoms with E-state index >= 15 is 0 Å². The van der Waals surface area contributed by atoms with Crippen LogP contribution >= 0.6 is 15.9 Å². The number of hydrogen-bond donors (Lipinski definition) is 0. The Morgan fingerprint density at radius 3 is 2.31 bits per heavy atom. The highest BCUT2D eigenvalue weighted by atomic mass is 79.9. The average Bonchev–Trinajstić information content (AvgIpc) is 2.79. The summed E-state index contributed by atoms with van der Waals surface area (Å²) in [7, 11) is -4.46. The summed E-state index contributed by atoms with van der Waals surface area (Å²) >= 11 is 3.25. The van der Waals surface area contributed by atoms with Crippen molar-refractivity contribution in [3.05, 3.63) is 64.2 Å². The van der Waals surface area contributed by atoms with Crippen molar-refractivity contribution >= 4 is 37.6 Å². The molecule has 0 fully saturated rings. The molecule has 36 heavy (non-hydrogen) atoms. The number of hydrogen-bond acceptors (Lipinski definition) is 7. The summed E-state index contributed by atoms with van der Waals surface area (Å²) in [6, 6.07) is 11.7. The van der Waals surface area contributed by atoms with Crippen molar-refractivity contribution < 1.29 is 27.6 Å². The highest BCUT2D eigenvalue weighted by molar-refractivity contribution is 9.09. The van der Waals surface area contributed by atoms with Gasteiger partial charge in [-0.15, -0.1) is 0 Å². The minimum absolute atomic E-state index is 0.0423. The predicted molar refractivity (Wildman–Crippen MR) is 141 cm³/mol. The maximum absolute atomic E-state index is 13.8. The summed E-state index contributed by atoms with van der Waals surface area (Å²) in [6.07, 6.45) is 0.188. The molecular weight excluding hydrogens is 552 g/mol. The third kappa shape index (κ3) is 8.28. The number of nitrogens with zero attached hydrogens (tertiary/aromatic N) is 2. The van der Waals surface area contributed by atoms with E-state index in [9.17, 15) is 23.3 Å². The maximum Gasteiger partial charge on any atom is 0.324 e. The monoisotopic (exact) mass is 584 g/mol. The lowest BCUT2D eigenvalue weighted by atomic mass is 10.0. The van der Waals surface area contributed by atoms with E-state index in [4.69, 9.17) is 9.47 Å². The first-order valence-electron chi connectivity index (χ1n) is 11.5. The first kappa shape index (κ1) is 29.7.